The van der Waals surface area contributed by atoms with E-state index in [1.165, 1.54) is 23.2 Å². The second-order valence-electron chi connectivity index (χ2n) is 4.89. The van der Waals surface area contributed by atoms with Crippen molar-refractivity contribution in [2.75, 3.05) is 23.7 Å². The quantitative estimate of drug-likeness (QED) is 0.916. The van der Waals surface area contributed by atoms with Crippen LogP contribution in [0.2, 0.25) is 0 Å². The summed E-state index contributed by atoms with van der Waals surface area (Å²) in [4.78, 5) is 13.9. The fourth-order valence-corrected chi connectivity index (χ4v) is 2.79. The van der Waals surface area contributed by atoms with E-state index in [1.54, 1.807) is 17.8 Å². The van der Waals surface area contributed by atoms with Crippen LogP contribution in [-0.2, 0) is 0 Å². The fraction of sp³-hybridized carbons (Fsp3) is 0.500. The monoisotopic (exact) mass is 327 g/mol. The van der Waals surface area contributed by atoms with Gasteiger partial charge in [0, 0.05) is 35.8 Å². The van der Waals surface area contributed by atoms with Crippen LogP contribution in [0.15, 0.2) is 17.8 Å². The maximum atomic E-state index is 13.5. The number of nitrogens with zero attached hydrogens (tertiary/aromatic N) is 4. The summed E-state index contributed by atoms with van der Waals surface area (Å²) in [6.07, 6.45) is 3.17. The number of thiazole rings is 1. The number of halogens is 2. The molecule has 1 unspecified atom stereocenters. The molecule has 8 heteroatoms. The Labute approximate surface area is 132 Å². The van der Waals surface area contributed by atoms with E-state index in [2.05, 4.69) is 15.0 Å². The van der Waals surface area contributed by atoms with Crippen molar-refractivity contribution in [1.82, 2.24) is 15.0 Å². The highest BCUT2D eigenvalue weighted by Crippen LogP contribution is 2.34. The summed E-state index contributed by atoms with van der Waals surface area (Å²) in [7, 11) is 0. The van der Waals surface area contributed by atoms with Gasteiger partial charge in [0.25, 0.3) is 5.92 Å². The largest absolute Gasteiger partial charge is 0.383 e. The minimum Gasteiger partial charge on any atom is -0.383 e. The van der Waals surface area contributed by atoms with Crippen LogP contribution in [0.5, 0.6) is 0 Å². The molecule has 120 valence electrons. The molecule has 0 bridgehead atoms. The van der Waals surface area contributed by atoms with Crippen LogP contribution in [-0.4, -0.2) is 34.0 Å². The Morgan fingerprint density at radius 2 is 1.95 bits per heavy atom. The minimum atomic E-state index is -2.69. The van der Waals surface area contributed by atoms with Crippen LogP contribution >= 0.6 is 11.3 Å². The molecular formula is C14H19F2N5S. The topological polar surface area (TPSA) is 67.9 Å². The summed E-state index contributed by atoms with van der Waals surface area (Å²) in [6.45, 7) is 5.46. The van der Waals surface area contributed by atoms with E-state index >= 15 is 0 Å². The first kappa shape index (κ1) is 16.5. The van der Waals surface area contributed by atoms with Gasteiger partial charge < -0.3 is 10.6 Å². The van der Waals surface area contributed by atoms with E-state index in [-0.39, 0.29) is 13.1 Å². The molecule has 0 aliphatic carbocycles. The normalized spacial score (nSPS) is 19.7. The lowest BCUT2D eigenvalue weighted by Crippen LogP contribution is -2.27. The molecule has 5 nitrogen and oxygen atoms in total. The number of aromatic nitrogens is 3. The van der Waals surface area contributed by atoms with Gasteiger partial charge in [-0.05, 0) is 0 Å². The average Bonchev–Trinajstić information content (AvgIpc) is 3.05. The number of alkyl halides is 2. The van der Waals surface area contributed by atoms with Crippen molar-refractivity contribution in [3.63, 3.8) is 0 Å². The van der Waals surface area contributed by atoms with Crippen molar-refractivity contribution in [2.45, 2.75) is 26.7 Å². The first-order valence-electron chi connectivity index (χ1n) is 7.12. The average molecular weight is 327 g/mol. The first-order valence-corrected chi connectivity index (χ1v) is 8.00. The SMILES string of the molecule is CC.CC1CN(c2ncc(-c3nc(N)cs3)cn2)CC1(F)F. The first-order chi connectivity index (χ1) is 10.5. The van der Waals surface area contributed by atoms with E-state index in [1.807, 2.05) is 13.8 Å². The van der Waals surface area contributed by atoms with Crippen LogP contribution in [0.1, 0.15) is 20.8 Å². The van der Waals surface area contributed by atoms with Crippen LogP contribution in [0, 0.1) is 5.92 Å². The van der Waals surface area contributed by atoms with Crippen molar-refractivity contribution in [3.8, 4) is 10.6 Å². The van der Waals surface area contributed by atoms with Crippen molar-refractivity contribution in [3.05, 3.63) is 17.8 Å². The Morgan fingerprint density at radius 1 is 1.32 bits per heavy atom. The second kappa shape index (κ2) is 6.51. The van der Waals surface area contributed by atoms with Gasteiger partial charge >= 0.3 is 0 Å². The standard InChI is InChI=1S/C12H13F2N5S.C2H6/c1-7-4-19(6-12(7,13)14)11-16-2-8(3-17-11)10-18-9(15)5-20-10;1-2/h2-3,5,7H,4,6,15H2,1H3;1-2H3. The van der Waals surface area contributed by atoms with Crippen LogP contribution in [0.3, 0.4) is 0 Å². The predicted octanol–water partition coefficient (Wildman–Crippen LogP) is 3.30. The predicted molar refractivity (Wildman–Crippen MR) is 85.2 cm³/mol. The van der Waals surface area contributed by atoms with Crippen molar-refractivity contribution in [2.24, 2.45) is 5.92 Å². The Balaban J connectivity index is 0.000000847. The lowest BCUT2D eigenvalue weighted by molar-refractivity contribution is -0.0138. The van der Waals surface area contributed by atoms with E-state index < -0.39 is 11.8 Å². The molecule has 2 N–H and O–H groups in total. The number of hydrogen-bond acceptors (Lipinski definition) is 6. The summed E-state index contributed by atoms with van der Waals surface area (Å²) in [5, 5.41) is 2.44. The van der Waals surface area contributed by atoms with Gasteiger partial charge in [0.2, 0.25) is 5.95 Å². The van der Waals surface area contributed by atoms with E-state index in [0.717, 1.165) is 5.56 Å². The van der Waals surface area contributed by atoms with Gasteiger partial charge in [-0.1, -0.05) is 20.8 Å². The van der Waals surface area contributed by atoms with Crippen LogP contribution in [0.25, 0.3) is 10.6 Å². The zero-order valence-electron chi connectivity index (χ0n) is 12.8. The maximum absolute atomic E-state index is 13.5. The molecule has 1 aliphatic heterocycles. The molecular weight excluding hydrogens is 308 g/mol. The fourth-order valence-electron chi connectivity index (χ4n) is 2.11. The van der Waals surface area contributed by atoms with Gasteiger partial charge in [-0.25, -0.2) is 23.7 Å². The van der Waals surface area contributed by atoms with Gasteiger partial charge in [0.05, 0.1) is 6.54 Å². The number of nitrogen functional groups attached to an aromatic ring is 1. The molecule has 2 aromatic heterocycles. The molecule has 3 heterocycles. The Bertz CT molecular complexity index is 614. The summed E-state index contributed by atoms with van der Waals surface area (Å²) < 4.78 is 27.0. The Kier molecular flexibility index (Phi) is 4.90. The van der Waals surface area contributed by atoms with Crippen LogP contribution in [0.4, 0.5) is 20.5 Å². The molecule has 1 saturated heterocycles. The van der Waals surface area contributed by atoms with Crippen molar-refractivity contribution in [1.29, 1.82) is 0 Å². The van der Waals surface area contributed by atoms with E-state index in [4.69, 9.17) is 5.73 Å². The molecule has 0 saturated carbocycles. The molecule has 0 spiro atoms. The lowest BCUT2D eigenvalue weighted by Gasteiger charge is -2.15. The molecule has 2 aromatic rings. The molecule has 1 fully saturated rings. The lowest BCUT2D eigenvalue weighted by atomic mass is 10.1. The number of hydrogen-bond donors (Lipinski definition) is 1. The van der Waals surface area contributed by atoms with E-state index in [9.17, 15) is 8.78 Å². The zero-order valence-corrected chi connectivity index (χ0v) is 13.6. The second-order valence-corrected chi connectivity index (χ2v) is 5.75. The molecule has 0 amide bonds. The summed E-state index contributed by atoms with van der Waals surface area (Å²) in [6, 6.07) is 0. The summed E-state index contributed by atoms with van der Waals surface area (Å²) >= 11 is 1.39. The van der Waals surface area contributed by atoms with Gasteiger partial charge in [-0.2, -0.15) is 0 Å². The third kappa shape index (κ3) is 3.32. The minimum absolute atomic E-state index is 0.260. The highest BCUT2D eigenvalue weighted by atomic mass is 32.1. The highest BCUT2D eigenvalue weighted by Gasteiger charge is 2.46. The Hall–Kier alpha value is -1.83. The third-order valence-corrected chi connectivity index (χ3v) is 4.22. The molecule has 1 aliphatic rings. The smallest absolute Gasteiger partial charge is 0.269 e. The number of nitrogens with two attached hydrogens (primary N) is 1. The van der Waals surface area contributed by atoms with E-state index in [0.29, 0.717) is 16.8 Å². The Morgan fingerprint density at radius 3 is 2.41 bits per heavy atom. The highest BCUT2D eigenvalue weighted by molar-refractivity contribution is 7.13. The van der Waals surface area contributed by atoms with Gasteiger partial charge in [0.1, 0.15) is 10.8 Å². The number of rotatable bonds is 2. The van der Waals surface area contributed by atoms with Crippen molar-refractivity contribution < 1.29 is 8.78 Å². The molecule has 1 atom stereocenters. The summed E-state index contributed by atoms with van der Waals surface area (Å²) in [5.74, 6) is -2.61. The van der Waals surface area contributed by atoms with Crippen molar-refractivity contribution >= 4 is 23.1 Å². The van der Waals surface area contributed by atoms with Gasteiger partial charge in [0.15, 0.2) is 0 Å². The molecule has 0 radical (unpaired) electrons. The summed E-state index contributed by atoms with van der Waals surface area (Å²) in [5.41, 5.74) is 6.29. The van der Waals surface area contributed by atoms with Gasteiger partial charge in [-0.15, -0.1) is 11.3 Å². The maximum Gasteiger partial charge on any atom is 0.269 e. The molecule has 22 heavy (non-hydrogen) atoms. The molecule has 3 rings (SSSR count). The molecule has 0 aromatic carbocycles. The van der Waals surface area contributed by atoms with Crippen LogP contribution < -0.4 is 10.6 Å². The third-order valence-electron chi connectivity index (χ3n) is 3.31. The van der Waals surface area contributed by atoms with Gasteiger partial charge in [-0.3, -0.25) is 0 Å². The zero-order chi connectivity index (χ0) is 16.3. The number of anilines is 2.